The van der Waals surface area contributed by atoms with Gasteiger partial charge in [0.05, 0.1) is 19.3 Å². The molecule has 0 aliphatic carbocycles. The zero-order valence-electron chi connectivity index (χ0n) is 6.53. The number of nitrogens with one attached hydrogen (secondary N) is 1. The Labute approximate surface area is 69.6 Å². The molecule has 0 bridgehead atoms. The van der Waals surface area contributed by atoms with Crippen molar-refractivity contribution in [3.8, 4) is 0 Å². The second-order valence-electron chi connectivity index (χ2n) is 2.99. The maximum absolute atomic E-state index is 10.6. The van der Waals surface area contributed by atoms with Gasteiger partial charge in [-0.15, -0.1) is 0 Å². The first-order valence-corrected chi connectivity index (χ1v) is 3.99. The molecular weight excluding hydrogens is 162 g/mol. The minimum absolute atomic E-state index is 0.0835. The molecule has 2 unspecified atom stereocenters. The average Bonchev–Trinajstić information content (AvgIpc) is 2.46. The molecule has 0 amide bonds. The van der Waals surface area contributed by atoms with Gasteiger partial charge in [-0.1, -0.05) is 0 Å². The zero-order valence-corrected chi connectivity index (χ0v) is 6.53. The standard InChI is InChI=1S/C7H11NO4/c9-7(10)4-3-5-6(8-4)12-2-1-11-5/h4-6,8H,1-3H2,(H,9,10)/t4-,5?,6?/m0/s1. The minimum Gasteiger partial charge on any atom is -0.480 e. The normalized spacial score (nSPS) is 40.8. The van der Waals surface area contributed by atoms with Crippen molar-refractivity contribution in [1.82, 2.24) is 5.32 Å². The third kappa shape index (κ3) is 1.31. The lowest BCUT2D eigenvalue weighted by Gasteiger charge is -2.25. The van der Waals surface area contributed by atoms with E-state index >= 15 is 0 Å². The van der Waals surface area contributed by atoms with Crippen LogP contribution >= 0.6 is 0 Å². The largest absolute Gasteiger partial charge is 0.480 e. The van der Waals surface area contributed by atoms with Crippen LogP contribution in [-0.2, 0) is 14.3 Å². The van der Waals surface area contributed by atoms with Gasteiger partial charge in [0.2, 0.25) is 0 Å². The monoisotopic (exact) mass is 173 g/mol. The highest BCUT2D eigenvalue weighted by Gasteiger charge is 2.40. The van der Waals surface area contributed by atoms with E-state index in [2.05, 4.69) is 5.32 Å². The molecule has 3 atom stereocenters. The highest BCUT2D eigenvalue weighted by molar-refractivity contribution is 5.74. The lowest BCUT2D eigenvalue weighted by molar-refractivity contribution is -0.140. The Morgan fingerprint density at radius 1 is 1.42 bits per heavy atom. The van der Waals surface area contributed by atoms with Crippen LogP contribution in [0.15, 0.2) is 0 Å². The zero-order chi connectivity index (χ0) is 8.55. The van der Waals surface area contributed by atoms with E-state index < -0.39 is 12.0 Å². The Bertz CT molecular complexity index is 182. The number of ether oxygens (including phenoxy) is 2. The van der Waals surface area contributed by atoms with Gasteiger partial charge in [0, 0.05) is 6.42 Å². The van der Waals surface area contributed by atoms with E-state index in [1.54, 1.807) is 0 Å². The number of hydrogen-bond donors (Lipinski definition) is 2. The van der Waals surface area contributed by atoms with Crippen molar-refractivity contribution in [1.29, 1.82) is 0 Å². The number of rotatable bonds is 1. The fourth-order valence-corrected chi connectivity index (χ4v) is 1.59. The van der Waals surface area contributed by atoms with Crippen molar-refractivity contribution >= 4 is 5.97 Å². The van der Waals surface area contributed by atoms with Crippen LogP contribution in [0, 0.1) is 0 Å². The Kier molecular flexibility index (Phi) is 2.00. The minimum atomic E-state index is -0.836. The number of fused-ring (bicyclic) bond motifs is 1. The summed E-state index contributed by atoms with van der Waals surface area (Å²) < 4.78 is 10.6. The molecule has 5 nitrogen and oxygen atoms in total. The molecule has 0 aromatic rings. The Morgan fingerprint density at radius 3 is 2.83 bits per heavy atom. The molecule has 2 saturated heterocycles. The van der Waals surface area contributed by atoms with Gasteiger partial charge in [0.15, 0.2) is 0 Å². The van der Waals surface area contributed by atoms with Crippen molar-refractivity contribution < 1.29 is 19.4 Å². The maximum Gasteiger partial charge on any atom is 0.320 e. The van der Waals surface area contributed by atoms with E-state index in [1.165, 1.54) is 0 Å². The number of carboxylic acids is 1. The van der Waals surface area contributed by atoms with Crippen LogP contribution in [0.2, 0.25) is 0 Å². The molecule has 2 aliphatic heterocycles. The van der Waals surface area contributed by atoms with Gasteiger partial charge < -0.3 is 14.6 Å². The smallest absolute Gasteiger partial charge is 0.320 e. The van der Waals surface area contributed by atoms with E-state index in [-0.39, 0.29) is 12.3 Å². The molecule has 2 heterocycles. The number of carbonyl (C=O) groups is 1. The maximum atomic E-state index is 10.6. The molecule has 2 N–H and O–H groups in total. The predicted octanol–water partition coefficient (Wildman–Crippen LogP) is -0.826. The predicted molar refractivity (Wildman–Crippen MR) is 38.7 cm³/mol. The van der Waals surface area contributed by atoms with E-state index in [9.17, 15) is 4.79 Å². The van der Waals surface area contributed by atoms with Gasteiger partial charge in [-0.05, 0) is 0 Å². The van der Waals surface area contributed by atoms with Crippen molar-refractivity contribution in [3.63, 3.8) is 0 Å². The number of carboxylic acid groups (broad SMARTS) is 1. The fourth-order valence-electron chi connectivity index (χ4n) is 1.59. The molecule has 0 saturated carbocycles. The summed E-state index contributed by atoms with van der Waals surface area (Å²) in [6, 6.07) is -0.516. The van der Waals surface area contributed by atoms with Gasteiger partial charge in [0.1, 0.15) is 12.3 Å². The van der Waals surface area contributed by atoms with Gasteiger partial charge in [-0.3, -0.25) is 10.1 Å². The molecule has 2 rings (SSSR count). The van der Waals surface area contributed by atoms with Gasteiger partial charge in [-0.2, -0.15) is 0 Å². The van der Waals surface area contributed by atoms with Crippen LogP contribution in [0.4, 0.5) is 0 Å². The summed E-state index contributed by atoms with van der Waals surface area (Å²) in [5, 5.41) is 11.5. The van der Waals surface area contributed by atoms with E-state index in [0.717, 1.165) is 0 Å². The first kappa shape index (κ1) is 7.97. The van der Waals surface area contributed by atoms with Gasteiger partial charge >= 0.3 is 5.97 Å². The average molecular weight is 173 g/mol. The lowest BCUT2D eigenvalue weighted by Crippen LogP contribution is -2.42. The van der Waals surface area contributed by atoms with Crippen LogP contribution in [-0.4, -0.2) is 42.7 Å². The summed E-state index contributed by atoms with van der Waals surface area (Å²) in [5.74, 6) is -0.836. The summed E-state index contributed by atoms with van der Waals surface area (Å²) >= 11 is 0. The van der Waals surface area contributed by atoms with E-state index in [0.29, 0.717) is 19.6 Å². The van der Waals surface area contributed by atoms with Crippen LogP contribution in [0.1, 0.15) is 6.42 Å². The third-order valence-electron chi connectivity index (χ3n) is 2.18. The molecule has 0 aromatic carbocycles. The Morgan fingerprint density at radius 2 is 2.17 bits per heavy atom. The van der Waals surface area contributed by atoms with Crippen LogP contribution < -0.4 is 5.32 Å². The van der Waals surface area contributed by atoms with Crippen molar-refractivity contribution in [2.75, 3.05) is 13.2 Å². The number of hydrogen-bond acceptors (Lipinski definition) is 4. The quantitative estimate of drug-likeness (QED) is 0.542. The summed E-state index contributed by atoms with van der Waals surface area (Å²) in [6.07, 6.45) is 0.194. The van der Waals surface area contributed by atoms with Crippen molar-refractivity contribution in [3.05, 3.63) is 0 Å². The summed E-state index contributed by atoms with van der Waals surface area (Å²) in [6.45, 7) is 1.11. The lowest BCUT2D eigenvalue weighted by atomic mass is 10.2. The van der Waals surface area contributed by atoms with Crippen molar-refractivity contribution in [2.45, 2.75) is 24.8 Å². The molecule has 2 aliphatic rings. The van der Waals surface area contributed by atoms with E-state index in [4.69, 9.17) is 14.6 Å². The summed E-state index contributed by atoms with van der Waals surface area (Å²) in [4.78, 5) is 10.6. The highest BCUT2D eigenvalue weighted by Crippen LogP contribution is 2.20. The molecule has 0 spiro atoms. The SMILES string of the molecule is O=C(O)[C@@H]1CC2OCCOC2N1. The molecule has 0 radical (unpaired) electrons. The van der Waals surface area contributed by atoms with Crippen LogP contribution in [0.25, 0.3) is 0 Å². The molecule has 5 heteroatoms. The molecular formula is C7H11NO4. The molecule has 0 aromatic heterocycles. The third-order valence-corrected chi connectivity index (χ3v) is 2.18. The van der Waals surface area contributed by atoms with Gasteiger partial charge in [0.25, 0.3) is 0 Å². The number of aliphatic carboxylic acids is 1. The fraction of sp³-hybridized carbons (Fsp3) is 0.857. The second-order valence-corrected chi connectivity index (χ2v) is 2.99. The second kappa shape index (κ2) is 3.01. The Hall–Kier alpha value is -0.650. The van der Waals surface area contributed by atoms with Crippen LogP contribution in [0.5, 0.6) is 0 Å². The molecule has 68 valence electrons. The Balaban J connectivity index is 1.98. The van der Waals surface area contributed by atoms with Crippen molar-refractivity contribution in [2.24, 2.45) is 0 Å². The summed E-state index contributed by atoms with van der Waals surface area (Å²) in [5.41, 5.74) is 0. The first-order chi connectivity index (χ1) is 5.77. The first-order valence-electron chi connectivity index (χ1n) is 3.99. The molecule has 2 fully saturated rings. The van der Waals surface area contributed by atoms with Crippen LogP contribution in [0.3, 0.4) is 0 Å². The summed E-state index contributed by atoms with van der Waals surface area (Å²) in [7, 11) is 0. The molecule has 12 heavy (non-hydrogen) atoms. The topological polar surface area (TPSA) is 67.8 Å². The highest BCUT2D eigenvalue weighted by atomic mass is 16.6. The van der Waals surface area contributed by atoms with E-state index in [1.807, 2.05) is 0 Å². The van der Waals surface area contributed by atoms with Gasteiger partial charge in [-0.25, -0.2) is 0 Å².